The van der Waals surface area contributed by atoms with Gasteiger partial charge in [0.25, 0.3) is 0 Å². The first-order valence-corrected chi connectivity index (χ1v) is 8.66. The lowest BCUT2D eigenvalue weighted by Crippen LogP contribution is -2.32. The van der Waals surface area contributed by atoms with E-state index in [1.54, 1.807) is 0 Å². The SMILES string of the molecule is CC1=NC2C(c3cccc(N[C@@H](C)c4ccccc4)c3)=CNC2N=C1. The van der Waals surface area contributed by atoms with E-state index in [1.807, 2.05) is 19.2 Å². The van der Waals surface area contributed by atoms with Crippen LogP contribution in [0.3, 0.4) is 0 Å². The van der Waals surface area contributed by atoms with Crippen molar-refractivity contribution in [3.63, 3.8) is 0 Å². The minimum absolute atomic E-state index is 0.0264. The molecule has 2 aromatic rings. The molecule has 0 saturated carbocycles. The van der Waals surface area contributed by atoms with E-state index in [4.69, 9.17) is 4.99 Å². The molecule has 0 spiro atoms. The van der Waals surface area contributed by atoms with Crippen LogP contribution in [0.1, 0.15) is 31.0 Å². The molecular formula is C21H22N4. The zero-order valence-electron chi connectivity index (χ0n) is 14.5. The molecule has 25 heavy (non-hydrogen) atoms. The molecule has 4 nitrogen and oxygen atoms in total. The van der Waals surface area contributed by atoms with Crippen molar-refractivity contribution in [1.82, 2.24) is 5.32 Å². The molecule has 2 aliphatic rings. The highest BCUT2D eigenvalue weighted by Crippen LogP contribution is 2.31. The first-order chi connectivity index (χ1) is 12.2. The van der Waals surface area contributed by atoms with Crippen LogP contribution in [0.5, 0.6) is 0 Å². The molecule has 126 valence electrons. The number of fused-ring (bicyclic) bond motifs is 1. The van der Waals surface area contributed by atoms with E-state index in [-0.39, 0.29) is 18.2 Å². The number of aliphatic imine (C=N–C) groups is 2. The van der Waals surface area contributed by atoms with Crippen molar-refractivity contribution >= 4 is 23.2 Å². The second kappa shape index (κ2) is 6.55. The average molecular weight is 330 g/mol. The quantitative estimate of drug-likeness (QED) is 0.889. The van der Waals surface area contributed by atoms with Gasteiger partial charge in [-0.15, -0.1) is 0 Å². The molecule has 0 aliphatic carbocycles. The highest BCUT2D eigenvalue weighted by atomic mass is 15.2. The second-order valence-corrected chi connectivity index (χ2v) is 6.56. The fraction of sp³-hybridized carbons (Fsp3) is 0.238. The lowest BCUT2D eigenvalue weighted by atomic mass is 9.98. The highest BCUT2D eigenvalue weighted by Gasteiger charge is 2.31. The largest absolute Gasteiger partial charge is 0.379 e. The Kier molecular flexibility index (Phi) is 4.10. The van der Waals surface area contributed by atoms with Crippen molar-refractivity contribution in [2.75, 3.05) is 5.32 Å². The van der Waals surface area contributed by atoms with E-state index in [9.17, 15) is 0 Å². The summed E-state index contributed by atoms with van der Waals surface area (Å²) >= 11 is 0. The summed E-state index contributed by atoms with van der Waals surface area (Å²) in [6.45, 7) is 4.17. The first kappa shape index (κ1) is 15.6. The fourth-order valence-corrected chi connectivity index (χ4v) is 3.35. The van der Waals surface area contributed by atoms with Gasteiger partial charge >= 0.3 is 0 Å². The molecule has 2 unspecified atom stereocenters. The maximum absolute atomic E-state index is 4.76. The van der Waals surface area contributed by atoms with Crippen LogP contribution >= 0.6 is 0 Å². The Hall–Kier alpha value is -2.88. The summed E-state index contributed by atoms with van der Waals surface area (Å²) in [5.41, 5.74) is 5.73. The van der Waals surface area contributed by atoms with Gasteiger partial charge in [0.15, 0.2) is 0 Å². The Bertz CT molecular complexity index is 851. The zero-order chi connectivity index (χ0) is 17.2. The highest BCUT2D eigenvalue weighted by molar-refractivity contribution is 6.30. The van der Waals surface area contributed by atoms with E-state index in [0.717, 1.165) is 11.4 Å². The van der Waals surface area contributed by atoms with Crippen LogP contribution in [0.4, 0.5) is 5.69 Å². The van der Waals surface area contributed by atoms with Crippen LogP contribution in [-0.4, -0.2) is 24.1 Å². The molecule has 0 radical (unpaired) electrons. The van der Waals surface area contributed by atoms with Gasteiger partial charge in [-0.25, -0.2) is 0 Å². The lowest BCUT2D eigenvalue weighted by molar-refractivity contribution is 0.594. The molecule has 0 aromatic heterocycles. The molecule has 2 aliphatic heterocycles. The summed E-state index contributed by atoms with van der Waals surface area (Å²) in [4.78, 5) is 9.28. The van der Waals surface area contributed by atoms with E-state index in [0.29, 0.717) is 0 Å². The number of nitrogens with one attached hydrogen (secondary N) is 2. The van der Waals surface area contributed by atoms with Crippen LogP contribution in [0.25, 0.3) is 5.57 Å². The summed E-state index contributed by atoms with van der Waals surface area (Å²) in [7, 11) is 0. The minimum atomic E-state index is 0.0264. The van der Waals surface area contributed by atoms with Crippen molar-refractivity contribution in [1.29, 1.82) is 0 Å². The molecule has 4 rings (SSSR count). The molecule has 2 aromatic carbocycles. The number of anilines is 1. The van der Waals surface area contributed by atoms with Gasteiger partial charge in [-0.3, -0.25) is 9.98 Å². The van der Waals surface area contributed by atoms with Crippen molar-refractivity contribution in [2.24, 2.45) is 9.98 Å². The van der Waals surface area contributed by atoms with Gasteiger partial charge in [0, 0.05) is 29.7 Å². The number of hydrogen-bond donors (Lipinski definition) is 2. The molecule has 3 atom stereocenters. The third-order valence-corrected chi connectivity index (χ3v) is 4.67. The zero-order valence-corrected chi connectivity index (χ0v) is 14.5. The molecule has 0 saturated heterocycles. The van der Waals surface area contributed by atoms with Gasteiger partial charge in [-0.05, 0) is 37.1 Å². The predicted molar refractivity (Wildman–Crippen MR) is 105 cm³/mol. The van der Waals surface area contributed by atoms with Gasteiger partial charge < -0.3 is 10.6 Å². The summed E-state index contributed by atoms with van der Waals surface area (Å²) in [5, 5.41) is 6.92. The third-order valence-electron chi connectivity index (χ3n) is 4.67. The number of nitrogens with zero attached hydrogens (tertiary/aromatic N) is 2. The monoisotopic (exact) mass is 330 g/mol. The van der Waals surface area contributed by atoms with Gasteiger partial charge in [0.05, 0.1) is 5.71 Å². The normalized spacial score (nSPS) is 22.5. The van der Waals surface area contributed by atoms with Crippen LogP contribution < -0.4 is 10.6 Å². The standard InChI is InChI=1S/C21H22N4/c1-14-12-22-21-20(24-14)19(13-23-21)17-9-6-10-18(11-17)25-15(2)16-7-4-3-5-8-16/h3-13,15,20-21,23,25H,1-2H3/t15-,20?,21?/m0/s1. The molecular weight excluding hydrogens is 308 g/mol. The minimum Gasteiger partial charge on any atom is -0.379 e. The number of hydrogen-bond acceptors (Lipinski definition) is 4. The second-order valence-electron chi connectivity index (χ2n) is 6.56. The molecule has 0 bridgehead atoms. The summed E-state index contributed by atoms with van der Waals surface area (Å²) in [6, 6.07) is 19.3. The van der Waals surface area contributed by atoms with Gasteiger partial charge in [-0.2, -0.15) is 0 Å². The predicted octanol–water partition coefficient (Wildman–Crippen LogP) is 4.04. The topological polar surface area (TPSA) is 48.8 Å². The Balaban J connectivity index is 1.55. The lowest BCUT2D eigenvalue weighted by Gasteiger charge is -2.20. The van der Waals surface area contributed by atoms with Gasteiger partial charge in [0.2, 0.25) is 0 Å². The van der Waals surface area contributed by atoms with Crippen LogP contribution in [0, 0.1) is 0 Å². The summed E-state index contributed by atoms with van der Waals surface area (Å²) in [6.07, 6.45) is 3.91. The average Bonchev–Trinajstić information content (AvgIpc) is 3.05. The molecule has 0 fully saturated rings. The van der Waals surface area contributed by atoms with E-state index >= 15 is 0 Å². The first-order valence-electron chi connectivity index (χ1n) is 8.66. The Morgan fingerprint density at radius 3 is 2.76 bits per heavy atom. The van der Waals surface area contributed by atoms with Crippen LogP contribution in [0.15, 0.2) is 70.8 Å². The fourth-order valence-electron chi connectivity index (χ4n) is 3.35. The van der Waals surface area contributed by atoms with Crippen LogP contribution in [0.2, 0.25) is 0 Å². The smallest absolute Gasteiger partial charge is 0.145 e. The molecule has 4 heteroatoms. The maximum Gasteiger partial charge on any atom is 0.145 e. The summed E-state index contributed by atoms with van der Waals surface area (Å²) in [5.74, 6) is 0. The van der Waals surface area contributed by atoms with Crippen molar-refractivity contribution < 1.29 is 0 Å². The number of rotatable bonds is 4. The Labute approximate surface area is 148 Å². The molecule has 2 heterocycles. The Morgan fingerprint density at radius 1 is 1.08 bits per heavy atom. The van der Waals surface area contributed by atoms with Crippen molar-refractivity contribution in [3.05, 3.63) is 71.9 Å². The molecule has 2 N–H and O–H groups in total. The van der Waals surface area contributed by atoms with Gasteiger partial charge in [-0.1, -0.05) is 42.5 Å². The summed E-state index contributed by atoms with van der Waals surface area (Å²) < 4.78 is 0. The Morgan fingerprint density at radius 2 is 1.92 bits per heavy atom. The molecule has 0 amide bonds. The van der Waals surface area contributed by atoms with Gasteiger partial charge in [0.1, 0.15) is 12.2 Å². The van der Waals surface area contributed by atoms with Crippen LogP contribution in [-0.2, 0) is 0 Å². The number of benzene rings is 2. The van der Waals surface area contributed by atoms with E-state index < -0.39 is 0 Å². The van der Waals surface area contributed by atoms with E-state index in [2.05, 4.69) is 77.3 Å². The maximum atomic E-state index is 4.76. The van der Waals surface area contributed by atoms with Crippen molar-refractivity contribution in [3.8, 4) is 0 Å². The van der Waals surface area contributed by atoms with E-state index in [1.165, 1.54) is 16.7 Å². The third kappa shape index (κ3) is 3.20. The van der Waals surface area contributed by atoms with Crippen molar-refractivity contribution in [2.45, 2.75) is 32.1 Å².